The second kappa shape index (κ2) is 27.6. The average molecular weight is 1410 g/mol. The van der Waals surface area contributed by atoms with E-state index in [4.69, 9.17) is 61.4 Å². The first-order chi connectivity index (χ1) is 51.3. The standard InChI is InChI=1S/2C23H17N5O.C21H22N4.C20H20N4/c1-13-8-9-16-17-7-6-10-26-23(17)29-22(16)20(13)28-14(2)27(5)19-12-15(24-3)11-18(25-4)21(19)28;1-13-9-17-16-7-6-8-26-23(16)29-21(17)12-19(13)28-14(2)27(5)20-11-15(24-3)10-18(25-4)22(20)28;1-12-9-13(2)20(15(4)14(12)3)25-16(5)24(8)19-11-17(22-6)10-18(23-7)21(19)25;1-12-8-9-13(2)19(14(12)3)24-15(4)23(7)18-11-16(21-5)10-17(22-6)20(18)24/h2*6-12,14H,1-2,5H3;9-11,16H,1-5,8H3;8-11,15H,1-4,7H3/t2*14-;16-;15-/m0000/s1. The van der Waals surface area contributed by atoms with Crippen molar-refractivity contribution < 1.29 is 8.83 Å². The van der Waals surface area contributed by atoms with Gasteiger partial charge in [-0.1, -0.05) is 30.3 Å². The van der Waals surface area contributed by atoms with Crippen molar-refractivity contribution in [2.45, 2.75) is 115 Å². The van der Waals surface area contributed by atoms with Gasteiger partial charge in [-0.15, -0.1) is 0 Å². The Bertz CT molecular complexity index is 6120. The van der Waals surface area contributed by atoms with Gasteiger partial charge in [0.15, 0.2) is 28.3 Å². The molecule has 0 bridgehead atoms. The van der Waals surface area contributed by atoms with Crippen LogP contribution in [0.15, 0.2) is 136 Å². The zero-order valence-electron chi connectivity index (χ0n) is 62.8. The summed E-state index contributed by atoms with van der Waals surface area (Å²) >= 11 is 0. The lowest BCUT2D eigenvalue weighted by molar-refractivity contribution is 0.648. The van der Waals surface area contributed by atoms with E-state index in [2.05, 4.69) is 207 Å². The summed E-state index contributed by atoms with van der Waals surface area (Å²) in [6.07, 6.45) is 3.56. The highest BCUT2D eigenvalue weighted by atomic mass is 16.3. The van der Waals surface area contributed by atoms with Crippen LogP contribution >= 0.6 is 0 Å². The number of anilines is 12. The molecule has 0 unspecified atom stereocenters. The minimum Gasteiger partial charge on any atom is -0.438 e. The molecule has 16 rings (SSSR count). The molecule has 0 fully saturated rings. The fourth-order valence-electron chi connectivity index (χ4n) is 15.5. The Hall–Kier alpha value is -14.0. The van der Waals surface area contributed by atoms with Crippen LogP contribution in [-0.4, -0.2) is 62.8 Å². The zero-order valence-corrected chi connectivity index (χ0v) is 62.8. The monoisotopic (exact) mass is 1400 g/mol. The highest BCUT2D eigenvalue weighted by Crippen LogP contribution is 2.58. The van der Waals surface area contributed by atoms with Gasteiger partial charge in [0.2, 0.25) is 34.2 Å². The first kappa shape index (κ1) is 71.4. The molecule has 12 aromatic rings. The third kappa shape index (κ3) is 11.5. The van der Waals surface area contributed by atoms with Gasteiger partial charge in [-0.25, -0.2) is 48.7 Å². The van der Waals surface area contributed by atoms with Gasteiger partial charge in [0.1, 0.15) is 30.2 Å². The number of aryl methyl sites for hydroxylation is 6. The first-order valence-corrected chi connectivity index (χ1v) is 34.8. The van der Waals surface area contributed by atoms with Gasteiger partial charge in [0.05, 0.1) is 81.0 Å². The van der Waals surface area contributed by atoms with Gasteiger partial charge >= 0.3 is 0 Å². The molecule has 8 aromatic carbocycles. The molecule has 526 valence electrons. The van der Waals surface area contributed by atoms with E-state index in [-0.39, 0.29) is 24.7 Å². The summed E-state index contributed by atoms with van der Waals surface area (Å²) in [4.78, 5) is 55.1. The van der Waals surface area contributed by atoms with Gasteiger partial charge in [-0.2, -0.15) is 0 Å². The molecule has 4 aromatic heterocycles. The molecule has 4 aliphatic rings. The van der Waals surface area contributed by atoms with Crippen LogP contribution in [0.1, 0.15) is 77.8 Å². The minimum absolute atomic E-state index is 0.00913. The Labute approximate surface area is 624 Å². The molecule has 0 N–H and O–H groups in total. The van der Waals surface area contributed by atoms with Crippen LogP contribution in [0.2, 0.25) is 0 Å². The molecule has 0 spiro atoms. The average Bonchev–Trinajstić information content (AvgIpc) is 1.59. The van der Waals surface area contributed by atoms with Crippen LogP contribution in [-0.2, 0) is 0 Å². The Morgan fingerprint density at radius 2 is 0.682 bits per heavy atom. The van der Waals surface area contributed by atoms with Crippen LogP contribution in [0.5, 0.6) is 0 Å². The van der Waals surface area contributed by atoms with Crippen LogP contribution in [0, 0.1) is 115 Å². The SMILES string of the molecule is [C-]#[N+]c1cc([N+]#[C-])c2c(c1)N(C)[C@H](C)N2c1c(C)cc(C)c(C)c1C.[C-]#[N+]c1cc([N+]#[C-])c2c(c1)N(C)[C@H](C)N2c1c(C)ccc(C)c1C.[C-]#[N+]c1cc([N+]#[C-])c2c(c1)N(C)[C@H](C)N2c1c(C)ccc2c1oc1ncccc12.[C-]#[N+]c1cc([N+]#[C-])c2c(c1)N(C)[C@H](C)N2c1cc2oc3ncccc3c2cc1C. The second-order valence-corrected chi connectivity index (χ2v) is 27.6. The maximum absolute atomic E-state index is 7.72. The summed E-state index contributed by atoms with van der Waals surface area (Å²) in [6, 6.07) is 36.8. The molecule has 0 aliphatic carbocycles. The number of fused-ring (bicyclic) bond motifs is 10. The number of hydrogen-bond donors (Lipinski definition) is 0. The molecule has 20 heteroatoms. The molecule has 0 radical (unpaired) electrons. The van der Waals surface area contributed by atoms with Gasteiger partial charge in [0.25, 0.3) is 0 Å². The smallest absolute Gasteiger partial charge is 0.227 e. The van der Waals surface area contributed by atoms with Gasteiger partial charge in [-0.05, 0) is 219 Å². The molecule has 0 amide bonds. The molecule has 0 saturated heterocycles. The van der Waals surface area contributed by atoms with E-state index in [1.165, 1.54) is 44.6 Å². The molecule has 8 heterocycles. The predicted molar refractivity (Wildman–Crippen MR) is 434 cm³/mol. The Balaban J connectivity index is 0.000000127. The highest BCUT2D eigenvalue weighted by Gasteiger charge is 2.41. The van der Waals surface area contributed by atoms with Crippen molar-refractivity contribution in [3.8, 4) is 0 Å². The van der Waals surface area contributed by atoms with Gasteiger partial charge < -0.3 is 48.0 Å². The molecule has 107 heavy (non-hydrogen) atoms. The summed E-state index contributed by atoms with van der Waals surface area (Å²) in [5.74, 6) is 0. The third-order valence-electron chi connectivity index (χ3n) is 21.8. The van der Waals surface area contributed by atoms with Crippen LogP contribution < -0.4 is 39.2 Å². The van der Waals surface area contributed by atoms with Crippen molar-refractivity contribution >= 4 is 158 Å². The summed E-state index contributed by atoms with van der Waals surface area (Å²) < 4.78 is 12.2. The number of pyridine rings is 2. The van der Waals surface area contributed by atoms with Crippen molar-refractivity contribution in [3.63, 3.8) is 0 Å². The number of furan rings is 2. The number of aromatic nitrogens is 2. The lowest BCUT2D eigenvalue weighted by Gasteiger charge is -2.32. The van der Waals surface area contributed by atoms with E-state index in [1.807, 2.05) is 89.7 Å². The number of rotatable bonds is 4. The minimum atomic E-state index is -0.0445. The Morgan fingerprint density at radius 3 is 1.12 bits per heavy atom. The van der Waals surface area contributed by atoms with Crippen molar-refractivity contribution in [1.82, 2.24) is 9.97 Å². The van der Waals surface area contributed by atoms with E-state index in [9.17, 15) is 0 Å². The summed E-state index contributed by atoms with van der Waals surface area (Å²) in [7, 11) is 8.02. The van der Waals surface area contributed by atoms with Crippen LogP contribution in [0.3, 0.4) is 0 Å². The maximum Gasteiger partial charge on any atom is 0.227 e. The number of benzene rings is 8. The largest absolute Gasteiger partial charge is 0.438 e. The van der Waals surface area contributed by atoms with Gasteiger partial charge in [-0.3, -0.25) is 0 Å². The van der Waals surface area contributed by atoms with Crippen molar-refractivity contribution in [2.24, 2.45) is 0 Å². The number of hydrogen-bond acceptors (Lipinski definition) is 12. The third-order valence-corrected chi connectivity index (χ3v) is 21.8. The summed E-state index contributed by atoms with van der Waals surface area (Å²) in [5.41, 5.74) is 28.9. The second-order valence-electron chi connectivity index (χ2n) is 27.6. The lowest BCUT2D eigenvalue weighted by Crippen LogP contribution is -2.36. The summed E-state index contributed by atoms with van der Waals surface area (Å²) in [5, 5.41) is 3.99. The fraction of sp³-hybridized carbons (Fsp3) is 0.241. The van der Waals surface area contributed by atoms with E-state index >= 15 is 0 Å². The molecular weight excluding hydrogens is 1330 g/mol. The Kier molecular flexibility index (Phi) is 18.4. The highest BCUT2D eigenvalue weighted by molar-refractivity contribution is 6.12. The molecule has 4 atom stereocenters. The maximum atomic E-state index is 7.72. The van der Waals surface area contributed by atoms with Crippen molar-refractivity contribution in [1.29, 1.82) is 0 Å². The van der Waals surface area contributed by atoms with Gasteiger partial charge in [0, 0.05) is 108 Å². The quantitative estimate of drug-likeness (QED) is 0.156. The molecule has 20 nitrogen and oxygen atoms in total. The Morgan fingerprint density at radius 1 is 0.308 bits per heavy atom. The first-order valence-electron chi connectivity index (χ1n) is 34.8. The molecule has 0 saturated carbocycles. The lowest BCUT2D eigenvalue weighted by atomic mass is 9.97. The van der Waals surface area contributed by atoms with E-state index in [1.54, 1.807) is 36.7 Å². The van der Waals surface area contributed by atoms with E-state index < -0.39 is 0 Å². The zero-order chi connectivity index (χ0) is 76.6. The van der Waals surface area contributed by atoms with Crippen LogP contribution in [0.25, 0.3) is 82.9 Å². The molecule has 4 aliphatic heterocycles. The predicted octanol–water partition coefficient (Wildman–Crippen LogP) is 24.3. The molecular formula is C87H76N18O2. The normalized spacial score (nSPS) is 15.7. The van der Waals surface area contributed by atoms with E-state index in [0.29, 0.717) is 56.9 Å². The fourth-order valence-corrected chi connectivity index (χ4v) is 15.5. The number of nitrogens with zero attached hydrogens (tertiary/aromatic N) is 18. The van der Waals surface area contributed by atoms with Crippen LogP contribution in [0.4, 0.5) is 114 Å². The van der Waals surface area contributed by atoms with Crippen molar-refractivity contribution in [2.75, 3.05) is 67.4 Å². The topological polar surface area (TPSA) is 113 Å². The summed E-state index contributed by atoms with van der Waals surface area (Å²) in [6.45, 7) is 87.5. The van der Waals surface area contributed by atoms with E-state index in [0.717, 1.165) is 106 Å². The van der Waals surface area contributed by atoms with Crippen molar-refractivity contribution in [3.05, 3.63) is 269 Å².